The van der Waals surface area contributed by atoms with Crippen molar-refractivity contribution in [3.8, 4) is 39.8 Å². The molecule has 19 heteroatoms. The van der Waals surface area contributed by atoms with Gasteiger partial charge in [-0.05, 0) is 49.6 Å². The fourth-order valence-corrected chi connectivity index (χ4v) is 5.20. The van der Waals surface area contributed by atoms with Crippen molar-refractivity contribution in [2.75, 3.05) is 13.2 Å². The second kappa shape index (κ2) is 13.2. The molecule has 5 rings (SSSR count). The molecule has 0 fully saturated rings. The minimum Gasteiger partial charge on any atom is -0.494 e. The van der Waals surface area contributed by atoms with Gasteiger partial charge in [-0.3, -0.25) is 4.55 Å². The molecule has 2 aliphatic heterocycles. The summed E-state index contributed by atoms with van der Waals surface area (Å²) in [6, 6.07) is 7.44. The van der Waals surface area contributed by atoms with E-state index in [0.717, 1.165) is 41.3 Å². The van der Waals surface area contributed by atoms with Gasteiger partial charge in [0.25, 0.3) is 0 Å². The Kier molecular flexibility index (Phi) is 9.47. The molecule has 0 spiro atoms. The molecule has 1 aromatic heterocycles. The molecule has 3 heterocycles. The molecular weight excluding hydrogens is 673 g/mol. The summed E-state index contributed by atoms with van der Waals surface area (Å²) >= 11 is 0. The summed E-state index contributed by atoms with van der Waals surface area (Å²) in [5.74, 6) is -4.92. The Balaban J connectivity index is 1.63. The molecule has 0 saturated carbocycles. The van der Waals surface area contributed by atoms with Gasteiger partial charge in [0, 0.05) is 11.6 Å². The van der Waals surface area contributed by atoms with Crippen LogP contribution in [0, 0.1) is 11.6 Å². The second-order valence-corrected chi connectivity index (χ2v) is 11.4. The number of benzene rings is 2. The first-order valence-electron chi connectivity index (χ1n) is 14.0. The predicted octanol–water partition coefficient (Wildman–Crippen LogP) is 5.61. The highest BCUT2D eigenvalue weighted by molar-refractivity contribution is 7.80. The zero-order valence-corrected chi connectivity index (χ0v) is 25.4. The maximum atomic E-state index is 14.5. The Hall–Kier alpha value is -5.01. The van der Waals surface area contributed by atoms with E-state index in [1.54, 1.807) is 6.92 Å². The number of halogens is 5. The quantitative estimate of drug-likeness (QED) is 0.0883. The van der Waals surface area contributed by atoms with Crippen molar-refractivity contribution in [2.24, 2.45) is 0 Å². The summed E-state index contributed by atoms with van der Waals surface area (Å²) in [4.78, 5) is 21.4. The first-order chi connectivity index (χ1) is 22.6. The molecule has 48 heavy (non-hydrogen) atoms. The molecule has 13 nitrogen and oxygen atoms in total. The Morgan fingerprint density at radius 2 is 1.77 bits per heavy atom. The number of imidazole rings is 1. The van der Waals surface area contributed by atoms with Gasteiger partial charge < -0.3 is 14.4 Å². The van der Waals surface area contributed by atoms with Gasteiger partial charge >= 0.3 is 22.5 Å². The van der Waals surface area contributed by atoms with Gasteiger partial charge in [-0.2, -0.15) is 26.7 Å². The highest BCUT2D eigenvalue weighted by Crippen LogP contribution is 2.41. The number of nitrogens with zero attached hydrogens (tertiary/aromatic N) is 5. The van der Waals surface area contributed by atoms with E-state index in [1.807, 2.05) is 0 Å². The monoisotopic (exact) mass is 697 g/mol. The third kappa shape index (κ3) is 6.97. The summed E-state index contributed by atoms with van der Waals surface area (Å²) in [5, 5.41) is 18.4. The van der Waals surface area contributed by atoms with E-state index in [0.29, 0.717) is 6.42 Å². The van der Waals surface area contributed by atoms with Gasteiger partial charge in [-0.1, -0.05) is 18.1 Å². The number of aromatic nitrogens is 5. The van der Waals surface area contributed by atoms with Crippen LogP contribution >= 0.6 is 0 Å². The highest BCUT2D eigenvalue weighted by atomic mass is 32.3. The van der Waals surface area contributed by atoms with Crippen molar-refractivity contribution in [3.63, 3.8) is 0 Å². The highest BCUT2D eigenvalue weighted by Gasteiger charge is 2.47. The van der Waals surface area contributed by atoms with E-state index in [-0.39, 0.29) is 35.1 Å². The average Bonchev–Trinajstić information content (AvgIpc) is 3.68. The second-order valence-electron chi connectivity index (χ2n) is 10.3. The Labute approximate surface area is 268 Å². The first kappa shape index (κ1) is 34.3. The molecule has 254 valence electrons. The molecule has 0 bridgehead atoms. The molecule has 0 saturated heterocycles. The van der Waals surface area contributed by atoms with Crippen LogP contribution in [0.5, 0.6) is 5.75 Å². The lowest BCUT2D eigenvalue weighted by Crippen LogP contribution is -2.44. The van der Waals surface area contributed by atoms with Gasteiger partial charge in [0.15, 0.2) is 23.2 Å². The van der Waals surface area contributed by atoms with Crippen molar-refractivity contribution in [1.29, 1.82) is 0 Å². The van der Waals surface area contributed by atoms with E-state index in [2.05, 4.69) is 24.4 Å². The number of hydrogen-bond acceptors (Lipinski definition) is 10. The predicted molar refractivity (Wildman–Crippen MR) is 154 cm³/mol. The van der Waals surface area contributed by atoms with Crippen LogP contribution < -0.4 is 4.74 Å². The molecular formula is C29H24F5N5O8S. The van der Waals surface area contributed by atoms with E-state index in [9.17, 15) is 40.3 Å². The summed E-state index contributed by atoms with van der Waals surface area (Å²) in [6.45, 7) is 1.22. The van der Waals surface area contributed by atoms with Gasteiger partial charge in [0.05, 0.1) is 36.7 Å². The van der Waals surface area contributed by atoms with E-state index in [1.165, 1.54) is 18.2 Å². The van der Waals surface area contributed by atoms with Crippen LogP contribution in [0.1, 0.15) is 37.5 Å². The zero-order valence-electron chi connectivity index (χ0n) is 24.6. The maximum absolute atomic E-state index is 14.5. The molecule has 0 radical (unpaired) electrons. The van der Waals surface area contributed by atoms with E-state index < -0.39 is 81.7 Å². The number of aliphatic carboxylic acids is 1. The van der Waals surface area contributed by atoms with Crippen LogP contribution in [0.3, 0.4) is 0 Å². The number of carbonyl (C=O) groups is 1. The number of rotatable bonds is 13. The molecule has 0 amide bonds. The summed E-state index contributed by atoms with van der Waals surface area (Å²) in [6.07, 6.45) is -3.18. The number of ether oxygens (including phenoxy) is 1. The van der Waals surface area contributed by atoms with Gasteiger partial charge in [-0.25, -0.2) is 32.4 Å². The number of carboxylic acid groups (broad SMARTS) is 1. The van der Waals surface area contributed by atoms with Crippen LogP contribution in [0.4, 0.5) is 22.0 Å². The minimum atomic E-state index is -4.91. The normalized spacial score (nSPS) is 13.5. The molecule has 2 N–H and O–H groups in total. The number of alkyl halides is 3. The average molecular weight is 698 g/mol. The zero-order chi connectivity index (χ0) is 34.9. The number of hydrogen-bond donors (Lipinski definition) is 2. The largest absolute Gasteiger partial charge is 0.494 e. The third-order valence-electron chi connectivity index (χ3n) is 7.08. The van der Waals surface area contributed by atoms with Crippen LogP contribution in [-0.2, 0) is 31.1 Å². The lowest BCUT2D eigenvalue weighted by atomic mass is 9.89. The summed E-state index contributed by atoms with van der Waals surface area (Å²) in [7, 11) is -4.91. The van der Waals surface area contributed by atoms with Crippen molar-refractivity contribution >= 4 is 16.4 Å². The summed E-state index contributed by atoms with van der Waals surface area (Å²) < 4.78 is 118. The Bertz CT molecular complexity index is 2030. The van der Waals surface area contributed by atoms with Crippen LogP contribution in [0.25, 0.3) is 34.0 Å². The molecule has 2 aliphatic rings. The molecule has 3 aromatic rings. The maximum Gasteiger partial charge on any atom is 0.417 e. The third-order valence-corrected chi connectivity index (χ3v) is 7.54. The smallest absolute Gasteiger partial charge is 0.417 e. The van der Waals surface area contributed by atoms with Crippen LogP contribution in [-0.4, -0.2) is 62.2 Å². The van der Waals surface area contributed by atoms with E-state index in [4.69, 9.17) is 13.8 Å². The molecule has 0 aliphatic carbocycles. The topological polar surface area (TPSA) is 180 Å². The first-order valence-corrected chi connectivity index (χ1v) is 15.3. The van der Waals surface area contributed by atoms with E-state index >= 15 is 0 Å². The lowest BCUT2D eigenvalue weighted by Gasteiger charge is -2.28. The molecule has 1 atom stereocenters. The lowest BCUT2D eigenvalue weighted by molar-refractivity contribution is -0.147. The fourth-order valence-electron chi connectivity index (χ4n) is 4.87. The summed E-state index contributed by atoms with van der Waals surface area (Å²) in [5.41, 5.74) is -4.76. The van der Waals surface area contributed by atoms with Crippen molar-refractivity contribution in [2.45, 2.75) is 37.9 Å². The fraction of sp³-hybridized carbons (Fsp3) is 0.276. The number of fused-ring (bicyclic) bond motifs is 1. The van der Waals surface area contributed by atoms with Gasteiger partial charge in [0.2, 0.25) is 5.54 Å². The Morgan fingerprint density at radius 1 is 1.02 bits per heavy atom. The SMILES string of the molecule is CCCOc1ccc(-c2cc(C(CCCOS(=O)(=O)O)(C(=O)O)n3cc4nc(-c5cccc(F)c5F)nc-4cn3)on2)c(C(F)(F)F)c1. The van der Waals surface area contributed by atoms with Crippen molar-refractivity contribution < 1.29 is 58.3 Å². The standard InChI is InChI=1S/C29H24F5N5O8S/c1-2-10-45-16-7-8-17(19(12-16)29(32,33)34)21-13-24(47-38-21)28(27(40)41,9-4-11-46-48(42,43)44)39-15-23-22(14-35-39)36-26(37-23)18-5-3-6-20(30)25(18)31/h3,5-8,12-15H,2,4,9-11H2,1H3,(H,40,41)(H,42,43,44). The Morgan fingerprint density at radius 3 is 2.46 bits per heavy atom. The minimum absolute atomic E-state index is 0.0392. The van der Waals surface area contributed by atoms with Crippen LogP contribution in [0.2, 0.25) is 0 Å². The number of carboxylic acids is 1. The molecule has 2 aromatic carbocycles. The van der Waals surface area contributed by atoms with Crippen molar-refractivity contribution in [3.05, 3.63) is 77.8 Å². The van der Waals surface area contributed by atoms with Gasteiger partial charge in [-0.15, -0.1) is 0 Å². The van der Waals surface area contributed by atoms with Crippen molar-refractivity contribution in [1.82, 2.24) is 24.9 Å². The van der Waals surface area contributed by atoms with Gasteiger partial charge in [0.1, 0.15) is 22.8 Å². The molecule has 1 unspecified atom stereocenters. The van der Waals surface area contributed by atoms with Crippen LogP contribution in [0.15, 0.2) is 59.4 Å².